The maximum absolute atomic E-state index is 11.6. The van der Waals surface area contributed by atoms with Crippen LogP contribution in [0.4, 0.5) is 0 Å². The highest BCUT2D eigenvalue weighted by molar-refractivity contribution is 6.35. The highest BCUT2D eigenvalue weighted by Gasteiger charge is 2.11. The van der Waals surface area contributed by atoms with Crippen LogP contribution in [0.1, 0.15) is 12.0 Å². The SMILES string of the molecule is COCCCNC(=O)C(=O)N/N=C\c1ccc(OCC(=O)O)c(OC)c1. The standard InChI is InChI=1S/C16H21N3O7/c1-24-7-3-6-17-15(22)16(23)19-18-9-11-4-5-12(13(8-11)25-2)26-10-14(20)21/h4-5,8-9H,3,6-7,10H2,1-2H3,(H,17,22)(H,19,23)(H,20,21)/b18-9-. The van der Waals surface area contributed by atoms with E-state index in [2.05, 4.69) is 15.8 Å². The van der Waals surface area contributed by atoms with Crippen LogP contribution in [0, 0.1) is 0 Å². The average Bonchev–Trinajstić information content (AvgIpc) is 2.63. The summed E-state index contributed by atoms with van der Waals surface area (Å²) >= 11 is 0. The van der Waals surface area contributed by atoms with E-state index in [1.807, 2.05) is 0 Å². The molecule has 0 aliphatic rings. The summed E-state index contributed by atoms with van der Waals surface area (Å²) in [6.45, 7) is 0.298. The topological polar surface area (TPSA) is 136 Å². The molecular weight excluding hydrogens is 346 g/mol. The van der Waals surface area contributed by atoms with Crippen LogP contribution in [0.15, 0.2) is 23.3 Å². The van der Waals surface area contributed by atoms with Gasteiger partial charge in [0.25, 0.3) is 0 Å². The van der Waals surface area contributed by atoms with Crippen molar-refractivity contribution in [2.24, 2.45) is 5.10 Å². The van der Waals surface area contributed by atoms with Gasteiger partial charge in [-0.15, -0.1) is 0 Å². The van der Waals surface area contributed by atoms with Crippen molar-refractivity contribution >= 4 is 24.0 Å². The molecule has 2 amide bonds. The molecule has 3 N–H and O–H groups in total. The molecule has 0 unspecified atom stereocenters. The monoisotopic (exact) mass is 367 g/mol. The Morgan fingerprint density at radius 3 is 2.62 bits per heavy atom. The number of hydrogen-bond donors (Lipinski definition) is 3. The van der Waals surface area contributed by atoms with Crippen molar-refractivity contribution in [1.82, 2.24) is 10.7 Å². The second-order valence-corrected chi connectivity index (χ2v) is 4.89. The first-order chi connectivity index (χ1) is 12.5. The predicted molar refractivity (Wildman–Crippen MR) is 91.4 cm³/mol. The first-order valence-corrected chi connectivity index (χ1v) is 7.60. The van der Waals surface area contributed by atoms with E-state index in [1.54, 1.807) is 13.2 Å². The summed E-state index contributed by atoms with van der Waals surface area (Å²) in [5.41, 5.74) is 2.65. The molecule has 0 heterocycles. The van der Waals surface area contributed by atoms with Gasteiger partial charge in [0, 0.05) is 20.3 Å². The van der Waals surface area contributed by atoms with E-state index in [0.29, 0.717) is 30.9 Å². The van der Waals surface area contributed by atoms with Crippen molar-refractivity contribution in [3.63, 3.8) is 0 Å². The molecule has 0 aromatic heterocycles. The Kier molecular flexibility index (Phi) is 9.18. The van der Waals surface area contributed by atoms with Gasteiger partial charge in [0.1, 0.15) is 0 Å². The molecule has 0 spiro atoms. The second-order valence-electron chi connectivity index (χ2n) is 4.89. The molecule has 0 saturated carbocycles. The zero-order valence-corrected chi connectivity index (χ0v) is 14.5. The van der Waals surface area contributed by atoms with Gasteiger partial charge in [-0.2, -0.15) is 5.10 Å². The van der Waals surface area contributed by atoms with Crippen molar-refractivity contribution in [2.45, 2.75) is 6.42 Å². The number of rotatable bonds is 10. The number of ether oxygens (including phenoxy) is 3. The summed E-state index contributed by atoms with van der Waals surface area (Å²) in [5, 5.41) is 14.7. The number of carboxylic acid groups (broad SMARTS) is 1. The predicted octanol–water partition coefficient (Wildman–Crippen LogP) is -0.239. The van der Waals surface area contributed by atoms with E-state index in [-0.39, 0.29) is 5.75 Å². The molecule has 10 heteroatoms. The van der Waals surface area contributed by atoms with Crippen LogP contribution in [0.3, 0.4) is 0 Å². The zero-order valence-electron chi connectivity index (χ0n) is 14.5. The van der Waals surface area contributed by atoms with E-state index < -0.39 is 24.4 Å². The first-order valence-electron chi connectivity index (χ1n) is 7.60. The van der Waals surface area contributed by atoms with E-state index >= 15 is 0 Å². The van der Waals surface area contributed by atoms with Gasteiger partial charge >= 0.3 is 17.8 Å². The molecule has 1 aromatic carbocycles. The second kappa shape index (κ2) is 11.4. The number of hydrazone groups is 1. The lowest BCUT2D eigenvalue weighted by atomic mass is 10.2. The molecule has 0 radical (unpaired) electrons. The van der Waals surface area contributed by atoms with E-state index in [1.165, 1.54) is 25.5 Å². The summed E-state index contributed by atoms with van der Waals surface area (Å²) < 4.78 is 15.0. The van der Waals surface area contributed by atoms with Crippen molar-refractivity contribution in [3.05, 3.63) is 23.8 Å². The number of amides is 2. The third kappa shape index (κ3) is 7.62. The highest BCUT2D eigenvalue weighted by atomic mass is 16.5. The van der Waals surface area contributed by atoms with Crippen LogP contribution in [0.5, 0.6) is 11.5 Å². The minimum Gasteiger partial charge on any atom is -0.493 e. The summed E-state index contributed by atoms with van der Waals surface area (Å²) in [5.74, 6) is -2.25. The zero-order chi connectivity index (χ0) is 19.4. The van der Waals surface area contributed by atoms with Crippen LogP contribution in [0.25, 0.3) is 0 Å². The van der Waals surface area contributed by atoms with Gasteiger partial charge in [-0.1, -0.05) is 0 Å². The molecule has 1 rings (SSSR count). The minimum atomic E-state index is -1.11. The summed E-state index contributed by atoms with van der Waals surface area (Å²) in [6.07, 6.45) is 1.90. The van der Waals surface area contributed by atoms with Crippen LogP contribution in [-0.4, -0.2) is 63.1 Å². The quantitative estimate of drug-likeness (QED) is 0.225. The van der Waals surface area contributed by atoms with Crippen LogP contribution >= 0.6 is 0 Å². The molecule has 26 heavy (non-hydrogen) atoms. The highest BCUT2D eigenvalue weighted by Crippen LogP contribution is 2.27. The molecule has 1 aromatic rings. The Balaban J connectivity index is 2.55. The van der Waals surface area contributed by atoms with E-state index in [0.717, 1.165) is 0 Å². The smallest absolute Gasteiger partial charge is 0.341 e. The van der Waals surface area contributed by atoms with Gasteiger partial charge in [-0.25, -0.2) is 10.2 Å². The number of nitrogens with one attached hydrogen (secondary N) is 2. The van der Waals surface area contributed by atoms with Crippen molar-refractivity contribution < 1.29 is 33.7 Å². The Bertz CT molecular complexity index is 661. The molecule has 0 atom stereocenters. The number of methoxy groups -OCH3 is 2. The fourth-order valence-electron chi connectivity index (χ4n) is 1.74. The van der Waals surface area contributed by atoms with Crippen LogP contribution in [0.2, 0.25) is 0 Å². The number of hydrogen-bond acceptors (Lipinski definition) is 7. The molecule has 0 aliphatic heterocycles. The Morgan fingerprint density at radius 1 is 1.19 bits per heavy atom. The van der Waals surface area contributed by atoms with Crippen molar-refractivity contribution in [2.75, 3.05) is 34.0 Å². The van der Waals surface area contributed by atoms with E-state index in [4.69, 9.17) is 19.3 Å². The molecule has 0 saturated heterocycles. The number of carbonyl (C=O) groups is 3. The lowest BCUT2D eigenvalue weighted by Crippen LogP contribution is -2.38. The number of aliphatic carboxylic acids is 1. The Morgan fingerprint density at radius 2 is 1.96 bits per heavy atom. The molecule has 142 valence electrons. The third-order valence-electron chi connectivity index (χ3n) is 2.94. The molecule has 0 bridgehead atoms. The summed E-state index contributed by atoms with van der Waals surface area (Å²) in [6, 6.07) is 4.63. The molecule has 10 nitrogen and oxygen atoms in total. The summed E-state index contributed by atoms with van der Waals surface area (Å²) in [7, 11) is 2.95. The maximum Gasteiger partial charge on any atom is 0.341 e. The van der Waals surface area contributed by atoms with Crippen LogP contribution in [-0.2, 0) is 19.1 Å². The number of carboxylic acids is 1. The van der Waals surface area contributed by atoms with Gasteiger partial charge < -0.3 is 24.6 Å². The van der Waals surface area contributed by atoms with Crippen molar-refractivity contribution in [3.8, 4) is 11.5 Å². The van der Waals surface area contributed by atoms with E-state index in [9.17, 15) is 14.4 Å². The molecular formula is C16H21N3O7. The first kappa shape index (κ1) is 20.9. The van der Waals surface area contributed by atoms with Crippen LogP contribution < -0.4 is 20.2 Å². The molecule has 0 fully saturated rings. The normalized spacial score (nSPS) is 10.4. The lowest BCUT2D eigenvalue weighted by Gasteiger charge is -2.09. The minimum absolute atomic E-state index is 0.256. The lowest BCUT2D eigenvalue weighted by molar-refractivity contribution is -0.139. The van der Waals surface area contributed by atoms with Crippen molar-refractivity contribution in [1.29, 1.82) is 0 Å². The van der Waals surface area contributed by atoms with Gasteiger partial charge in [-0.3, -0.25) is 9.59 Å². The summed E-state index contributed by atoms with van der Waals surface area (Å²) in [4.78, 5) is 33.6. The van der Waals surface area contributed by atoms with Gasteiger partial charge in [-0.05, 0) is 30.2 Å². The third-order valence-corrected chi connectivity index (χ3v) is 2.94. The fourth-order valence-corrected chi connectivity index (χ4v) is 1.74. The average molecular weight is 367 g/mol. The Labute approximate surface area is 150 Å². The molecule has 0 aliphatic carbocycles. The number of benzene rings is 1. The number of nitrogens with zero attached hydrogens (tertiary/aromatic N) is 1. The Hall–Kier alpha value is -3.14. The maximum atomic E-state index is 11.6. The van der Waals surface area contributed by atoms with Gasteiger partial charge in [0.05, 0.1) is 13.3 Å². The van der Waals surface area contributed by atoms with Gasteiger partial charge in [0.2, 0.25) is 0 Å². The fraction of sp³-hybridized carbons (Fsp3) is 0.375. The van der Waals surface area contributed by atoms with Gasteiger partial charge in [0.15, 0.2) is 18.1 Å². The largest absolute Gasteiger partial charge is 0.493 e. The number of carbonyl (C=O) groups excluding carboxylic acids is 2.